The van der Waals surface area contributed by atoms with Crippen molar-refractivity contribution in [1.29, 1.82) is 0 Å². The zero-order chi connectivity index (χ0) is 10.6. The monoisotopic (exact) mass is 199 g/mol. The van der Waals surface area contributed by atoms with Crippen LogP contribution in [0.3, 0.4) is 0 Å². The smallest absolute Gasteiger partial charge is 0.232 e. The van der Waals surface area contributed by atoms with Gasteiger partial charge in [0.1, 0.15) is 6.42 Å². The van der Waals surface area contributed by atoms with Gasteiger partial charge in [-0.2, -0.15) is 0 Å². The molecule has 5 heteroatoms. The first-order valence-electron chi connectivity index (χ1n) is 4.84. The van der Waals surface area contributed by atoms with Crippen molar-refractivity contribution in [3.63, 3.8) is 0 Å². The number of hydrogen-bond acceptors (Lipinski definition) is 3. The van der Waals surface area contributed by atoms with Gasteiger partial charge < -0.3 is 15.5 Å². The molecule has 0 aromatic heterocycles. The first kappa shape index (κ1) is 11.0. The van der Waals surface area contributed by atoms with Crippen LogP contribution in [0.25, 0.3) is 0 Å². The van der Waals surface area contributed by atoms with E-state index in [1.807, 2.05) is 6.92 Å². The lowest BCUT2D eigenvalue weighted by atomic mass is 10.2. The van der Waals surface area contributed by atoms with E-state index in [9.17, 15) is 9.59 Å². The molecular formula is C9H17N3O2. The standard InChI is InChI=1S/C9H17N3O2/c1-7-6-10-3-4-11-8(13)5-9(14)12(7)2/h7,10H,3-6H2,1-2H3,(H,11,13). The van der Waals surface area contributed by atoms with Crippen LogP contribution in [0.2, 0.25) is 0 Å². The highest BCUT2D eigenvalue weighted by Crippen LogP contribution is 1.99. The lowest BCUT2D eigenvalue weighted by Gasteiger charge is -2.26. The molecule has 1 atom stereocenters. The van der Waals surface area contributed by atoms with Crippen molar-refractivity contribution in [1.82, 2.24) is 15.5 Å². The van der Waals surface area contributed by atoms with Crippen molar-refractivity contribution in [2.24, 2.45) is 0 Å². The quantitative estimate of drug-likeness (QED) is 0.489. The van der Waals surface area contributed by atoms with Gasteiger partial charge in [0.2, 0.25) is 11.8 Å². The maximum atomic E-state index is 11.5. The Morgan fingerprint density at radius 3 is 2.79 bits per heavy atom. The zero-order valence-corrected chi connectivity index (χ0v) is 8.67. The summed E-state index contributed by atoms with van der Waals surface area (Å²) in [5, 5.41) is 5.84. The van der Waals surface area contributed by atoms with E-state index in [4.69, 9.17) is 0 Å². The number of carbonyl (C=O) groups is 2. The van der Waals surface area contributed by atoms with Crippen LogP contribution >= 0.6 is 0 Å². The molecule has 14 heavy (non-hydrogen) atoms. The molecule has 80 valence electrons. The van der Waals surface area contributed by atoms with Gasteiger partial charge in [0, 0.05) is 32.7 Å². The summed E-state index contributed by atoms with van der Waals surface area (Å²) in [7, 11) is 1.73. The molecule has 2 amide bonds. The second kappa shape index (κ2) is 4.95. The molecule has 1 aliphatic heterocycles. The first-order valence-corrected chi connectivity index (χ1v) is 4.84. The van der Waals surface area contributed by atoms with Crippen LogP contribution in [0.4, 0.5) is 0 Å². The van der Waals surface area contributed by atoms with Crippen LogP contribution in [-0.2, 0) is 9.59 Å². The summed E-state index contributed by atoms with van der Waals surface area (Å²) in [6, 6.07) is 0.133. The van der Waals surface area contributed by atoms with Crippen LogP contribution in [0.1, 0.15) is 13.3 Å². The molecule has 0 aromatic rings. The highest BCUT2D eigenvalue weighted by Gasteiger charge is 2.19. The second-order valence-corrected chi connectivity index (χ2v) is 3.58. The summed E-state index contributed by atoms with van der Waals surface area (Å²) in [5.74, 6) is -0.323. The van der Waals surface area contributed by atoms with Crippen LogP contribution in [-0.4, -0.2) is 49.4 Å². The fraction of sp³-hybridized carbons (Fsp3) is 0.778. The van der Waals surface area contributed by atoms with Crippen LogP contribution < -0.4 is 10.6 Å². The molecule has 0 saturated carbocycles. The topological polar surface area (TPSA) is 61.4 Å². The van der Waals surface area contributed by atoms with Gasteiger partial charge in [0.05, 0.1) is 0 Å². The zero-order valence-electron chi connectivity index (χ0n) is 8.67. The number of likely N-dealkylation sites (N-methyl/N-ethyl adjacent to an activating group) is 1. The van der Waals surface area contributed by atoms with Crippen molar-refractivity contribution in [3.8, 4) is 0 Å². The predicted octanol–water partition coefficient (Wildman–Crippen LogP) is -1.06. The van der Waals surface area contributed by atoms with Crippen molar-refractivity contribution in [2.45, 2.75) is 19.4 Å². The summed E-state index contributed by atoms with van der Waals surface area (Å²) >= 11 is 0. The lowest BCUT2D eigenvalue weighted by Crippen LogP contribution is -2.46. The van der Waals surface area contributed by atoms with E-state index in [0.717, 1.165) is 13.1 Å². The molecule has 1 aliphatic rings. The maximum absolute atomic E-state index is 11.5. The SMILES string of the molecule is CC1CNCCNC(=O)CC(=O)N1C. The molecule has 0 bridgehead atoms. The Bertz CT molecular complexity index is 230. The Morgan fingerprint density at radius 1 is 1.36 bits per heavy atom. The summed E-state index contributed by atoms with van der Waals surface area (Å²) in [5.41, 5.74) is 0. The Balaban J connectivity index is 2.58. The van der Waals surface area contributed by atoms with Gasteiger partial charge in [-0.25, -0.2) is 0 Å². The number of amides is 2. The number of carbonyl (C=O) groups excluding carboxylic acids is 2. The van der Waals surface area contributed by atoms with E-state index in [1.165, 1.54) is 0 Å². The van der Waals surface area contributed by atoms with Crippen LogP contribution in [0.15, 0.2) is 0 Å². The predicted molar refractivity (Wildman–Crippen MR) is 52.7 cm³/mol. The van der Waals surface area contributed by atoms with Crippen molar-refractivity contribution in [2.75, 3.05) is 26.7 Å². The lowest BCUT2D eigenvalue weighted by molar-refractivity contribution is -0.136. The van der Waals surface area contributed by atoms with Gasteiger partial charge in [-0.05, 0) is 6.92 Å². The normalized spacial score (nSPS) is 25.9. The van der Waals surface area contributed by atoms with Crippen LogP contribution in [0.5, 0.6) is 0 Å². The molecule has 1 rings (SSSR count). The van der Waals surface area contributed by atoms with E-state index in [0.29, 0.717) is 6.54 Å². The maximum Gasteiger partial charge on any atom is 0.232 e. The average molecular weight is 199 g/mol. The van der Waals surface area contributed by atoms with Gasteiger partial charge in [0.15, 0.2) is 0 Å². The van der Waals surface area contributed by atoms with Gasteiger partial charge in [0.25, 0.3) is 0 Å². The molecule has 1 heterocycles. The minimum atomic E-state index is -0.197. The second-order valence-electron chi connectivity index (χ2n) is 3.58. The Morgan fingerprint density at radius 2 is 2.07 bits per heavy atom. The highest BCUT2D eigenvalue weighted by atomic mass is 16.2. The minimum absolute atomic E-state index is 0.0408. The number of rotatable bonds is 0. The fourth-order valence-electron chi connectivity index (χ4n) is 1.31. The molecule has 1 unspecified atom stereocenters. The van der Waals surface area contributed by atoms with E-state index >= 15 is 0 Å². The molecule has 2 N–H and O–H groups in total. The Labute approximate surface area is 83.8 Å². The number of nitrogens with zero attached hydrogens (tertiary/aromatic N) is 1. The average Bonchev–Trinajstić information content (AvgIpc) is 2.14. The fourth-order valence-corrected chi connectivity index (χ4v) is 1.31. The Kier molecular flexibility index (Phi) is 3.88. The third kappa shape index (κ3) is 2.99. The van der Waals surface area contributed by atoms with Gasteiger partial charge >= 0.3 is 0 Å². The molecule has 0 aliphatic carbocycles. The molecule has 1 fully saturated rings. The molecule has 0 radical (unpaired) electrons. The number of hydrogen-bond donors (Lipinski definition) is 2. The molecule has 0 aromatic carbocycles. The molecule has 0 spiro atoms. The Hall–Kier alpha value is -1.10. The van der Waals surface area contributed by atoms with Crippen LogP contribution in [0, 0.1) is 0 Å². The summed E-state index contributed by atoms with van der Waals surface area (Å²) in [6.45, 7) is 4.06. The van der Waals surface area contributed by atoms with Gasteiger partial charge in [-0.3, -0.25) is 9.59 Å². The third-order valence-electron chi connectivity index (χ3n) is 2.43. The van der Waals surface area contributed by atoms with E-state index in [1.54, 1.807) is 11.9 Å². The summed E-state index contributed by atoms with van der Waals surface area (Å²) in [4.78, 5) is 24.3. The molecule has 1 saturated heterocycles. The summed E-state index contributed by atoms with van der Waals surface area (Å²) < 4.78 is 0. The largest absolute Gasteiger partial charge is 0.354 e. The number of nitrogens with one attached hydrogen (secondary N) is 2. The van der Waals surface area contributed by atoms with Crippen molar-refractivity contribution in [3.05, 3.63) is 0 Å². The minimum Gasteiger partial charge on any atom is -0.354 e. The highest BCUT2D eigenvalue weighted by molar-refractivity contribution is 5.96. The van der Waals surface area contributed by atoms with Crippen molar-refractivity contribution >= 4 is 11.8 Å². The van der Waals surface area contributed by atoms with Crippen molar-refractivity contribution < 1.29 is 9.59 Å². The third-order valence-corrected chi connectivity index (χ3v) is 2.43. The van der Waals surface area contributed by atoms with Gasteiger partial charge in [-0.15, -0.1) is 0 Å². The molecule has 5 nitrogen and oxygen atoms in total. The van der Waals surface area contributed by atoms with Gasteiger partial charge in [-0.1, -0.05) is 0 Å². The van der Waals surface area contributed by atoms with E-state index < -0.39 is 0 Å². The van der Waals surface area contributed by atoms with E-state index in [2.05, 4.69) is 10.6 Å². The van der Waals surface area contributed by atoms with E-state index in [-0.39, 0.29) is 24.3 Å². The first-order chi connectivity index (χ1) is 6.61. The molecular weight excluding hydrogens is 182 g/mol. The summed E-state index contributed by atoms with van der Waals surface area (Å²) in [6.07, 6.45) is -0.0408.